The molecule has 1 amide bonds. The van der Waals surface area contributed by atoms with Crippen LogP contribution in [-0.4, -0.2) is 25.9 Å². The van der Waals surface area contributed by atoms with E-state index in [4.69, 9.17) is 0 Å². The molecule has 4 aromatic rings. The van der Waals surface area contributed by atoms with Crippen molar-refractivity contribution in [2.24, 2.45) is 0 Å². The molecule has 2 aromatic heterocycles. The van der Waals surface area contributed by atoms with Gasteiger partial charge in [-0.1, -0.05) is 35.5 Å². The first kappa shape index (κ1) is 16.4. The van der Waals surface area contributed by atoms with E-state index in [0.29, 0.717) is 12.1 Å². The van der Waals surface area contributed by atoms with Crippen molar-refractivity contribution < 1.29 is 4.79 Å². The molecule has 26 heavy (non-hydrogen) atoms. The van der Waals surface area contributed by atoms with Crippen molar-refractivity contribution >= 4 is 28.3 Å². The summed E-state index contributed by atoms with van der Waals surface area (Å²) < 4.78 is 1.80. The van der Waals surface area contributed by atoms with Gasteiger partial charge < -0.3 is 5.32 Å². The van der Waals surface area contributed by atoms with E-state index in [1.165, 1.54) is 0 Å². The van der Waals surface area contributed by atoms with E-state index in [9.17, 15) is 4.79 Å². The van der Waals surface area contributed by atoms with Crippen LogP contribution in [0.4, 0.5) is 0 Å². The van der Waals surface area contributed by atoms with Crippen LogP contribution in [0, 0.1) is 0 Å². The number of thiazole rings is 1. The highest BCUT2D eigenvalue weighted by Gasteiger charge is 2.11. The number of carbonyl (C=O) groups excluding carboxylic acids is 1. The molecule has 4 rings (SSSR count). The molecule has 1 N–H and O–H groups in total. The first-order chi connectivity index (χ1) is 12.7. The van der Waals surface area contributed by atoms with Crippen molar-refractivity contribution in [2.45, 2.75) is 20.0 Å². The molecule has 0 aliphatic carbocycles. The Labute approximate surface area is 154 Å². The number of carbonyl (C=O) groups is 1. The molecule has 0 fully saturated rings. The minimum absolute atomic E-state index is 0.146. The average molecular weight is 363 g/mol. The van der Waals surface area contributed by atoms with Gasteiger partial charge in [-0.3, -0.25) is 4.79 Å². The quantitative estimate of drug-likeness (QED) is 0.589. The van der Waals surface area contributed by atoms with Crippen LogP contribution in [0.3, 0.4) is 0 Å². The lowest BCUT2D eigenvalue weighted by atomic mass is 10.2. The molecule has 6 nitrogen and oxygen atoms in total. The topological polar surface area (TPSA) is 72.7 Å². The SMILES string of the molecule is CCn1nnc2cc(C(=O)NCc3csc(-c4ccccc4)n3)ccc21. The van der Waals surface area contributed by atoms with Gasteiger partial charge in [-0.15, -0.1) is 16.4 Å². The Hall–Kier alpha value is -3.06. The smallest absolute Gasteiger partial charge is 0.251 e. The molecule has 2 aromatic carbocycles. The van der Waals surface area contributed by atoms with Crippen LogP contribution in [0.15, 0.2) is 53.9 Å². The Bertz CT molecular complexity index is 1050. The molecule has 130 valence electrons. The van der Waals surface area contributed by atoms with Crippen molar-refractivity contribution in [1.82, 2.24) is 25.3 Å². The Morgan fingerprint density at radius 1 is 1.19 bits per heavy atom. The molecule has 0 bridgehead atoms. The van der Waals surface area contributed by atoms with Crippen LogP contribution >= 0.6 is 11.3 Å². The second-order valence-electron chi connectivity index (χ2n) is 5.80. The predicted octanol–water partition coefficient (Wildman–Crippen LogP) is 3.50. The van der Waals surface area contributed by atoms with Gasteiger partial charge in [0.1, 0.15) is 10.5 Å². The van der Waals surface area contributed by atoms with Crippen molar-refractivity contribution in [2.75, 3.05) is 0 Å². The zero-order chi connectivity index (χ0) is 17.9. The van der Waals surface area contributed by atoms with Crippen LogP contribution in [0.25, 0.3) is 21.6 Å². The minimum atomic E-state index is -0.146. The molecular formula is C19H17N5OS. The largest absolute Gasteiger partial charge is 0.346 e. The monoisotopic (exact) mass is 363 g/mol. The number of benzene rings is 2. The molecule has 0 unspecified atom stereocenters. The second-order valence-corrected chi connectivity index (χ2v) is 6.66. The number of aryl methyl sites for hydroxylation is 1. The maximum Gasteiger partial charge on any atom is 0.251 e. The number of rotatable bonds is 5. The van der Waals surface area contributed by atoms with Crippen molar-refractivity contribution in [1.29, 1.82) is 0 Å². The van der Waals surface area contributed by atoms with Crippen molar-refractivity contribution in [3.63, 3.8) is 0 Å². The summed E-state index contributed by atoms with van der Waals surface area (Å²) in [7, 11) is 0. The standard InChI is InChI=1S/C19H17N5OS/c1-2-24-17-9-8-14(10-16(17)22-23-24)18(25)20-11-15-12-26-19(21-15)13-6-4-3-5-7-13/h3-10,12H,2,11H2,1H3,(H,20,25). The maximum absolute atomic E-state index is 12.4. The Morgan fingerprint density at radius 2 is 2.04 bits per heavy atom. The maximum atomic E-state index is 12.4. The fraction of sp³-hybridized carbons (Fsp3) is 0.158. The van der Waals surface area contributed by atoms with Crippen LogP contribution in [-0.2, 0) is 13.1 Å². The number of hydrogen-bond donors (Lipinski definition) is 1. The molecular weight excluding hydrogens is 346 g/mol. The summed E-state index contributed by atoms with van der Waals surface area (Å²) in [6.45, 7) is 3.14. The first-order valence-electron chi connectivity index (χ1n) is 8.36. The van der Waals surface area contributed by atoms with Crippen LogP contribution in [0.1, 0.15) is 23.0 Å². The summed E-state index contributed by atoms with van der Waals surface area (Å²) in [6, 6.07) is 15.5. The Morgan fingerprint density at radius 3 is 2.85 bits per heavy atom. The third-order valence-corrected chi connectivity index (χ3v) is 5.02. The zero-order valence-electron chi connectivity index (χ0n) is 14.2. The van der Waals surface area contributed by atoms with Gasteiger partial charge in [-0.25, -0.2) is 9.67 Å². The lowest BCUT2D eigenvalue weighted by molar-refractivity contribution is 0.0950. The summed E-state index contributed by atoms with van der Waals surface area (Å²) in [5, 5.41) is 14.0. The minimum Gasteiger partial charge on any atom is -0.346 e. The van der Waals surface area contributed by atoms with Crippen molar-refractivity contribution in [3.05, 3.63) is 65.2 Å². The predicted molar refractivity (Wildman–Crippen MR) is 102 cm³/mol. The van der Waals surface area contributed by atoms with E-state index >= 15 is 0 Å². The van der Waals surface area contributed by atoms with E-state index in [1.54, 1.807) is 28.2 Å². The van der Waals surface area contributed by atoms with Gasteiger partial charge >= 0.3 is 0 Å². The van der Waals surface area contributed by atoms with Gasteiger partial charge in [-0.05, 0) is 25.1 Å². The van der Waals surface area contributed by atoms with Gasteiger partial charge in [0, 0.05) is 23.1 Å². The van der Waals surface area contributed by atoms with E-state index in [-0.39, 0.29) is 5.91 Å². The van der Waals surface area contributed by atoms with Crippen molar-refractivity contribution in [3.8, 4) is 10.6 Å². The van der Waals surface area contributed by atoms with E-state index in [1.807, 2.05) is 48.7 Å². The third kappa shape index (κ3) is 3.21. The number of aromatic nitrogens is 4. The fourth-order valence-electron chi connectivity index (χ4n) is 2.72. The molecule has 0 aliphatic heterocycles. The number of amides is 1. The van der Waals surface area contributed by atoms with E-state index in [2.05, 4.69) is 20.6 Å². The number of fused-ring (bicyclic) bond motifs is 1. The summed E-state index contributed by atoms with van der Waals surface area (Å²) in [4.78, 5) is 17.0. The lowest BCUT2D eigenvalue weighted by Crippen LogP contribution is -2.22. The van der Waals surface area contributed by atoms with Crippen LogP contribution < -0.4 is 5.32 Å². The zero-order valence-corrected chi connectivity index (χ0v) is 15.0. The summed E-state index contributed by atoms with van der Waals surface area (Å²) in [6.07, 6.45) is 0. The van der Waals surface area contributed by atoms with Crippen LogP contribution in [0.2, 0.25) is 0 Å². The molecule has 0 aliphatic rings. The number of nitrogens with one attached hydrogen (secondary N) is 1. The molecule has 0 saturated carbocycles. The molecule has 0 atom stereocenters. The van der Waals surface area contributed by atoms with Gasteiger partial charge in [-0.2, -0.15) is 0 Å². The fourth-order valence-corrected chi connectivity index (χ4v) is 3.55. The number of hydrogen-bond acceptors (Lipinski definition) is 5. The average Bonchev–Trinajstić information content (AvgIpc) is 3.33. The summed E-state index contributed by atoms with van der Waals surface area (Å²) >= 11 is 1.57. The second kappa shape index (κ2) is 7.05. The van der Waals surface area contributed by atoms with E-state index < -0.39 is 0 Å². The molecule has 0 spiro atoms. The highest BCUT2D eigenvalue weighted by atomic mass is 32.1. The van der Waals surface area contributed by atoms with Gasteiger partial charge in [0.05, 0.1) is 17.8 Å². The van der Waals surface area contributed by atoms with Gasteiger partial charge in [0.25, 0.3) is 5.91 Å². The first-order valence-corrected chi connectivity index (χ1v) is 9.24. The molecule has 7 heteroatoms. The molecule has 0 saturated heterocycles. The highest BCUT2D eigenvalue weighted by Crippen LogP contribution is 2.23. The molecule has 0 radical (unpaired) electrons. The molecule has 2 heterocycles. The van der Waals surface area contributed by atoms with Crippen LogP contribution in [0.5, 0.6) is 0 Å². The normalized spacial score (nSPS) is 11.0. The summed E-state index contributed by atoms with van der Waals surface area (Å²) in [5.74, 6) is -0.146. The third-order valence-electron chi connectivity index (χ3n) is 4.08. The Kier molecular flexibility index (Phi) is 4.45. The number of nitrogens with zero attached hydrogens (tertiary/aromatic N) is 4. The highest BCUT2D eigenvalue weighted by molar-refractivity contribution is 7.13. The van der Waals surface area contributed by atoms with E-state index in [0.717, 1.165) is 33.8 Å². The Balaban J connectivity index is 1.45. The summed E-state index contributed by atoms with van der Waals surface area (Å²) in [5.41, 5.74) is 4.15. The van der Waals surface area contributed by atoms with Gasteiger partial charge in [0.2, 0.25) is 0 Å². The van der Waals surface area contributed by atoms with Gasteiger partial charge in [0.15, 0.2) is 0 Å². The lowest BCUT2D eigenvalue weighted by Gasteiger charge is -2.04.